The van der Waals surface area contributed by atoms with Gasteiger partial charge in [-0.25, -0.2) is 17.5 Å². The van der Waals surface area contributed by atoms with Crippen molar-refractivity contribution in [2.24, 2.45) is 0 Å². The maximum Gasteiger partial charge on any atom is 0.414 e. The van der Waals surface area contributed by atoms with Crippen LogP contribution >= 0.6 is 0 Å². The molecule has 166 valence electrons. The Bertz CT molecular complexity index is 894. The number of fused-ring (bicyclic) bond motifs is 1. The highest BCUT2D eigenvalue weighted by atomic mass is 32.2. The van der Waals surface area contributed by atoms with E-state index in [-0.39, 0.29) is 17.9 Å². The van der Waals surface area contributed by atoms with Crippen molar-refractivity contribution in [1.29, 1.82) is 0 Å². The van der Waals surface area contributed by atoms with E-state index in [2.05, 4.69) is 0 Å². The number of nitrogens with zero attached hydrogens (tertiary/aromatic N) is 2. The van der Waals surface area contributed by atoms with Crippen molar-refractivity contribution in [3.05, 3.63) is 53.1 Å². The van der Waals surface area contributed by atoms with Gasteiger partial charge in [0.15, 0.2) is 0 Å². The summed E-state index contributed by atoms with van der Waals surface area (Å²) in [5.41, 5.74) is 3.81. The molecule has 7 heteroatoms. The molecule has 1 amide bonds. The molecule has 1 aromatic rings. The predicted molar refractivity (Wildman–Crippen MR) is 122 cm³/mol. The van der Waals surface area contributed by atoms with Gasteiger partial charge in [0.2, 0.25) is 10.0 Å². The zero-order valence-electron chi connectivity index (χ0n) is 18.7. The minimum absolute atomic E-state index is 0.0445. The Labute approximate surface area is 181 Å². The molecule has 0 spiro atoms. The number of ether oxygens (including phenoxy) is 1. The van der Waals surface area contributed by atoms with Crippen LogP contribution in [0.3, 0.4) is 0 Å². The Morgan fingerprint density at radius 1 is 1.17 bits per heavy atom. The van der Waals surface area contributed by atoms with E-state index in [4.69, 9.17) is 4.74 Å². The first-order chi connectivity index (χ1) is 14.2. The molecule has 1 aromatic carbocycles. The topological polar surface area (TPSA) is 66.9 Å². The van der Waals surface area contributed by atoms with E-state index in [1.165, 1.54) is 0 Å². The first-order valence-electron chi connectivity index (χ1n) is 10.5. The zero-order chi connectivity index (χ0) is 22.3. The van der Waals surface area contributed by atoms with Gasteiger partial charge < -0.3 is 4.74 Å². The second kappa shape index (κ2) is 10.8. The Balaban J connectivity index is 0.000000735. The Morgan fingerprint density at radius 2 is 1.80 bits per heavy atom. The van der Waals surface area contributed by atoms with Crippen LogP contribution < -0.4 is 4.90 Å². The summed E-state index contributed by atoms with van der Waals surface area (Å²) in [6.45, 7) is 10.8. The van der Waals surface area contributed by atoms with Crippen molar-refractivity contribution in [3.8, 4) is 0 Å². The number of aryl methyl sites for hydroxylation is 1. The molecule has 0 saturated carbocycles. The van der Waals surface area contributed by atoms with Crippen LogP contribution in [0.15, 0.2) is 42.0 Å². The lowest BCUT2D eigenvalue weighted by molar-refractivity contribution is 0.135. The first-order valence-corrected chi connectivity index (χ1v) is 12.1. The van der Waals surface area contributed by atoms with Crippen LogP contribution in [0, 0.1) is 6.92 Å². The molecular formula is C23H34N2O4S. The van der Waals surface area contributed by atoms with Gasteiger partial charge in [0.25, 0.3) is 0 Å². The summed E-state index contributed by atoms with van der Waals surface area (Å²) >= 11 is 0. The number of benzene rings is 1. The Kier molecular flexibility index (Phi) is 8.67. The first kappa shape index (κ1) is 24.2. The molecule has 0 radical (unpaired) electrons. The number of hydrogen-bond donors (Lipinski definition) is 0. The van der Waals surface area contributed by atoms with Gasteiger partial charge in [0.1, 0.15) is 6.61 Å². The van der Waals surface area contributed by atoms with Gasteiger partial charge in [-0.05, 0) is 53.0 Å². The van der Waals surface area contributed by atoms with Crippen molar-refractivity contribution < 1.29 is 17.9 Å². The number of allylic oxidation sites excluding steroid dienone is 3. The third kappa shape index (κ3) is 5.73. The van der Waals surface area contributed by atoms with Gasteiger partial charge in [-0.1, -0.05) is 42.0 Å². The molecule has 6 nitrogen and oxygen atoms in total. The zero-order valence-corrected chi connectivity index (χ0v) is 19.5. The standard InChI is InChI=1S/C19H26N2O4S.C4H8/c1-4-14(2)13-26(23,24)20-10-8-17(9-11-20)21-18-15(3)6-5-7-16(18)12-25-19(21)22;1-3-4-2/h4-7,17H,8-13H2,1-3H3;3-4H,1-2H3/b14-4+;4-3-. The van der Waals surface area contributed by atoms with Crippen molar-refractivity contribution in [1.82, 2.24) is 4.31 Å². The number of sulfonamides is 1. The fourth-order valence-electron chi connectivity index (χ4n) is 3.65. The Hall–Kier alpha value is -2.12. The van der Waals surface area contributed by atoms with Gasteiger partial charge in [-0.3, -0.25) is 4.90 Å². The monoisotopic (exact) mass is 434 g/mol. The smallest absolute Gasteiger partial charge is 0.414 e. The van der Waals surface area contributed by atoms with E-state index in [0.717, 1.165) is 22.4 Å². The van der Waals surface area contributed by atoms with E-state index in [9.17, 15) is 13.2 Å². The molecule has 0 unspecified atom stereocenters. The van der Waals surface area contributed by atoms with Crippen LogP contribution in [0.25, 0.3) is 0 Å². The van der Waals surface area contributed by atoms with E-state index in [1.807, 2.05) is 71.0 Å². The number of carbonyl (C=O) groups is 1. The minimum atomic E-state index is -3.30. The van der Waals surface area contributed by atoms with Gasteiger partial charge in [-0.2, -0.15) is 0 Å². The largest absolute Gasteiger partial charge is 0.444 e. The molecule has 0 bridgehead atoms. The minimum Gasteiger partial charge on any atom is -0.444 e. The summed E-state index contributed by atoms with van der Waals surface area (Å²) in [6.07, 6.45) is 6.71. The molecule has 0 atom stereocenters. The molecule has 1 saturated heterocycles. The summed E-state index contributed by atoms with van der Waals surface area (Å²) < 4.78 is 31.9. The fraction of sp³-hybridized carbons (Fsp3) is 0.522. The van der Waals surface area contributed by atoms with Crippen LogP contribution in [-0.2, 0) is 21.4 Å². The average molecular weight is 435 g/mol. The van der Waals surface area contributed by atoms with E-state index in [0.29, 0.717) is 32.5 Å². The van der Waals surface area contributed by atoms with E-state index in [1.54, 1.807) is 9.21 Å². The highest BCUT2D eigenvalue weighted by Gasteiger charge is 2.37. The van der Waals surface area contributed by atoms with Gasteiger partial charge in [-0.15, -0.1) is 0 Å². The van der Waals surface area contributed by atoms with Gasteiger partial charge >= 0.3 is 6.09 Å². The number of amides is 1. The third-order valence-corrected chi connectivity index (χ3v) is 7.50. The van der Waals surface area contributed by atoms with Gasteiger partial charge in [0, 0.05) is 24.7 Å². The molecule has 30 heavy (non-hydrogen) atoms. The maximum absolute atomic E-state index is 12.5. The lowest BCUT2D eigenvalue weighted by Gasteiger charge is -2.40. The summed E-state index contributed by atoms with van der Waals surface area (Å²) in [7, 11) is -3.30. The number of para-hydroxylation sites is 1. The maximum atomic E-state index is 12.5. The summed E-state index contributed by atoms with van der Waals surface area (Å²) in [4.78, 5) is 14.2. The van der Waals surface area contributed by atoms with Crippen LogP contribution in [-0.4, -0.2) is 43.7 Å². The van der Waals surface area contributed by atoms with Crippen LogP contribution in [0.4, 0.5) is 10.5 Å². The molecule has 0 aliphatic carbocycles. The lowest BCUT2D eigenvalue weighted by atomic mass is 10.00. The average Bonchev–Trinajstić information content (AvgIpc) is 2.74. The molecule has 2 aliphatic heterocycles. The molecule has 3 rings (SSSR count). The second-order valence-electron chi connectivity index (χ2n) is 7.70. The number of carbonyl (C=O) groups excluding carboxylic acids is 1. The SMILES string of the molecule is C/C=C(\C)CS(=O)(=O)N1CCC(N2C(=O)OCc3cccc(C)c32)CC1.C/C=C\C. The number of cyclic esters (lactones) is 1. The number of piperidine rings is 1. The summed E-state index contributed by atoms with van der Waals surface area (Å²) in [5, 5.41) is 0. The molecule has 0 N–H and O–H groups in total. The fourth-order valence-corrected chi connectivity index (χ4v) is 5.35. The van der Waals surface area contributed by atoms with Crippen molar-refractivity contribution in [2.75, 3.05) is 23.7 Å². The molecule has 1 fully saturated rings. The van der Waals surface area contributed by atoms with E-state index >= 15 is 0 Å². The van der Waals surface area contributed by atoms with Crippen molar-refractivity contribution in [3.63, 3.8) is 0 Å². The van der Waals surface area contributed by atoms with Crippen molar-refractivity contribution >= 4 is 21.8 Å². The number of hydrogen-bond acceptors (Lipinski definition) is 4. The van der Waals surface area contributed by atoms with Crippen LogP contribution in [0.5, 0.6) is 0 Å². The van der Waals surface area contributed by atoms with E-state index < -0.39 is 10.0 Å². The molecule has 0 aromatic heterocycles. The molecule has 2 heterocycles. The highest BCUT2D eigenvalue weighted by Crippen LogP contribution is 2.34. The number of anilines is 1. The summed E-state index contributed by atoms with van der Waals surface area (Å²) in [5.74, 6) is 0.0574. The Morgan fingerprint density at radius 3 is 2.37 bits per heavy atom. The third-order valence-electron chi connectivity index (χ3n) is 5.53. The molecule has 2 aliphatic rings. The lowest BCUT2D eigenvalue weighted by Crippen LogP contribution is -2.51. The van der Waals surface area contributed by atoms with Crippen LogP contribution in [0.1, 0.15) is 51.7 Å². The highest BCUT2D eigenvalue weighted by molar-refractivity contribution is 7.89. The summed E-state index contributed by atoms with van der Waals surface area (Å²) in [6, 6.07) is 5.88. The quantitative estimate of drug-likeness (QED) is 0.639. The second-order valence-corrected chi connectivity index (χ2v) is 9.66. The number of rotatable bonds is 4. The predicted octanol–water partition coefficient (Wildman–Crippen LogP) is 4.79. The molecular weight excluding hydrogens is 400 g/mol. The van der Waals surface area contributed by atoms with Crippen molar-refractivity contribution in [2.45, 2.75) is 60.1 Å². The van der Waals surface area contributed by atoms with Crippen LogP contribution in [0.2, 0.25) is 0 Å². The van der Waals surface area contributed by atoms with Gasteiger partial charge in [0.05, 0.1) is 11.4 Å². The normalized spacial score (nSPS) is 18.6.